The number of carbonyl (C=O) groups excluding carboxylic acids is 1. The quantitative estimate of drug-likeness (QED) is 0.720. The van der Waals surface area contributed by atoms with Crippen LogP contribution in [0.25, 0.3) is 4.83 Å². The molecule has 0 spiro atoms. The molecule has 1 aliphatic heterocycles. The monoisotopic (exact) mass is 357 g/mol. The first kappa shape index (κ1) is 16.3. The standard InChI is InChI=1S/C18H23N5OS/c1-13(22-8-5-19-12-22)11-16(24)21-6-3-15(4-7-21)17-18-23(9-10-25-18)14(2)20-17/h5,8-10,12-13,15H,3-4,6-7,11H2,1-2H3/t13-/m0/s1. The Morgan fingerprint density at radius 2 is 2.16 bits per heavy atom. The average Bonchev–Trinajstić information content (AvgIpc) is 3.34. The molecule has 0 radical (unpaired) electrons. The van der Waals surface area contributed by atoms with Gasteiger partial charge in [-0.25, -0.2) is 9.97 Å². The number of fused-ring (bicyclic) bond motifs is 1. The number of hydrogen-bond donors (Lipinski definition) is 0. The number of piperidine rings is 1. The van der Waals surface area contributed by atoms with Crippen LogP contribution in [0.5, 0.6) is 0 Å². The summed E-state index contributed by atoms with van der Waals surface area (Å²) in [6.45, 7) is 5.76. The van der Waals surface area contributed by atoms with Crippen LogP contribution in [0.15, 0.2) is 30.3 Å². The van der Waals surface area contributed by atoms with Crippen molar-refractivity contribution in [2.75, 3.05) is 13.1 Å². The van der Waals surface area contributed by atoms with E-state index in [1.807, 2.05) is 15.7 Å². The Morgan fingerprint density at radius 3 is 2.88 bits per heavy atom. The van der Waals surface area contributed by atoms with Crippen LogP contribution in [0.2, 0.25) is 0 Å². The molecule has 132 valence electrons. The first-order valence-electron chi connectivity index (χ1n) is 8.80. The Hall–Kier alpha value is -2.15. The lowest BCUT2D eigenvalue weighted by Gasteiger charge is -2.32. The topological polar surface area (TPSA) is 55.4 Å². The third-order valence-corrected chi connectivity index (χ3v) is 6.08. The molecule has 0 unspecified atom stereocenters. The van der Waals surface area contributed by atoms with E-state index in [2.05, 4.69) is 34.8 Å². The molecule has 6 nitrogen and oxygen atoms in total. The minimum Gasteiger partial charge on any atom is -0.343 e. The number of hydrogen-bond acceptors (Lipinski definition) is 4. The van der Waals surface area contributed by atoms with Gasteiger partial charge in [0, 0.05) is 55.4 Å². The summed E-state index contributed by atoms with van der Waals surface area (Å²) < 4.78 is 4.16. The molecule has 1 amide bonds. The molecule has 1 saturated heterocycles. The molecule has 0 aromatic carbocycles. The average molecular weight is 357 g/mol. The van der Waals surface area contributed by atoms with Crippen LogP contribution in [0.3, 0.4) is 0 Å². The molecular weight excluding hydrogens is 334 g/mol. The maximum absolute atomic E-state index is 12.6. The van der Waals surface area contributed by atoms with Crippen molar-refractivity contribution in [1.29, 1.82) is 0 Å². The van der Waals surface area contributed by atoms with E-state index in [1.165, 1.54) is 10.5 Å². The van der Waals surface area contributed by atoms with Crippen molar-refractivity contribution in [2.45, 2.75) is 45.1 Å². The first-order valence-corrected chi connectivity index (χ1v) is 9.68. The molecule has 0 bridgehead atoms. The fourth-order valence-electron chi connectivity index (χ4n) is 3.68. The molecule has 3 aromatic rings. The second kappa shape index (κ2) is 6.63. The largest absolute Gasteiger partial charge is 0.343 e. The second-order valence-electron chi connectivity index (χ2n) is 6.84. The Morgan fingerprint density at radius 1 is 1.36 bits per heavy atom. The van der Waals surface area contributed by atoms with Crippen LogP contribution in [0, 0.1) is 6.92 Å². The van der Waals surface area contributed by atoms with E-state index in [0.717, 1.165) is 31.8 Å². The molecule has 0 N–H and O–H groups in total. The van der Waals surface area contributed by atoms with Gasteiger partial charge in [-0.15, -0.1) is 11.3 Å². The zero-order valence-electron chi connectivity index (χ0n) is 14.6. The second-order valence-corrected chi connectivity index (χ2v) is 7.74. The highest BCUT2D eigenvalue weighted by Crippen LogP contribution is 2.33. The molecule has 1 atom stereocenters. The highest BCUT2D eigenvalue weighted by molar-refractivity contribution is 7.15. The van der Waals surface area contributed by atoms with Gasteiger partial charge in [-0.05, 0) is 26.7 Å². The number of amides is 1. The maximum Gasteiger partial charge on any atom is 0.224 e. The Bertz CT molecular complexity index is 857. The zero-order chi connectivity index (χ0) is 17.4. The molecule has 25 heavy (non-hydrogen) atoms. The van der Waals surface area contributed by atoms with Crippen molar-refractivity contribution >= 4 is 22.1 Å². The lowest BCUT2D eigenvalue weighted by molar-refractivity contribution is -0.133. The van der Waals surface area contributed by atoms with Gasteiger partial charge in [0.2, 0.25) is 5.91 Å². The molecule has 4 heterocycles. The lowest BCUT2D eigenvalue weighted by Crippen LogP contribution is -2.38. The number of likely N-dealkylation sites (tertiary alicyclic amines) is 1. The van der Waals surface area contributed by atoms with Gasteiger partial charge >= 0.3 is 0 Å². The van der Waals surface area contributed by atoms with Crippen LogP contribution in [-0.4, -0.2) is 42.8 Å². The Balaban J connectivity index is 1.38. The van der Waals surface area contributed by atoms with E-state index in [0.29, 0.717) is 12.3 Å². The maximum atomic E-state index is 12.6. The normalized spacial score (nSPS) is 17.3. The molecule has 1 aliphatic rings. The summed E-state index contributed by atoms with van der Waals surface area (Å²) in [5, 5.41) is 2.11. The van der Waals surface area contributed by atoms with Crippen molar-refractivity contribution in [3.05, 3.63) is 41.8 Å². The number of imidazole rings is 2. The van der Waals surface area contributed by atoms with E-state index in [4.69, 9.17) is 4.98 Å². The number of aromatic nitrogens is 4. The highest BCUT2D eigenvalue weighted by atomic mass is 32.1. The van der Waals surface area contributed by atoms with Gasteiger partial charge in [0.25, 0.3) is 0 Å². The number of rotatable bonds is 4. The third kappa shape index (κ3) is 3.08. The van der Waals surface area contributed by atoms with Crippen molar-refractivity contribution in [3.8, 4) is 0 Å². The lowest BCUT2D eigenvalue weighted by atomic mass is 9.93. The van der Waals surface area contributed by atoms with Gasteiger partial charge < -0.3 is 9.47 Å². The van der Waals surface area contributed by atoms with E-state index >= 15 is 0 Å². The van der Waals surface area contributed by atoms with Crippen molar-refractivity contribution in [1.82, 2.24) is 23.8 Å². The molecule has 1 fully saturated rings. The molecular formula is C18H23N5OS. The summed E-state index contributed by atoms with van der Waals surface area (Å²) >= 11 is 1.75. The molecule has 3 aromatic heterocycles. The van der Waals surface area contributed by atoms with Gasteiger partial charge in [-0.2, -0.15) is 0 Å². The van der Waals surface area contributed by atoms with E-state index in [9.17, 15) is 4.79 Å². The Kier molecular flexibility index (Phi) is 4.33. The first-order chi connectivity index (χ1) is 12.1. The van der Waals surface area contributed by atoms with Gasteiger partial charge in [0.15, 0.2) is 0 Å². The van der Waals surface area contributed by atoms with Crippen LogP contribution in [0.1, 0.15) is 49.7 Å². The van der Waals surface area contributed by atoms with E-state index < -0.39 is 0 Å². The number of nitrogens with zero attached hydrogens (tertiary/aromatic N) is 5. The number of carbonyl (C=O) groups is 1. The molecule has 4 rings (SSSR count). The minimum absolute atomic E-state index is 0.147. The molecule has 0 saturated carbocycles. The SMILES string of the molecule is Cc1nc(C2CCN(C(=O)C[C@H](C)n3ccnc3)CC2)c2sccn12. The Labute approximate surface area is 151 Å². The predicted molar refractivity (Wildman–Crippen MR) is 97.9 cm³/mol. The fraction of sp³-hybridized carbons (Fsp3) is 0.500. The van der Waals surface area contributed by atoms with Gasteiger partial charge in [0.05, 0.1) is 12.0 Å². The van der Waals surface area contributed by atoms with Crippen molar-refractivity contribution in [2.24, 2.45) is 0 Å². The van der Waals surface area contributed by atoms with Crippen LogP contribution < -0.4 is 0 Å². The van der Waals surface area contributed by atoms with Crippen LogP contribution in [0.4, 0.5) is 0 Å². The van der Waals surface area contributed by atoms with Crippen LogP contribution in [-0.2, 0) is 4.79 Å². The van der Waals surface area contributed by atoms with Crippen molar-refractivity contribution < 1.29 is 4.79 Å². The summed E-state index contributed by atoms with van der Waals surface area (Å²) in [5.74, 6) is 1.75. The fourth-order valence-corrected chi connectivity index (χ4v) is 4.63. The van der Waals surface area contributed by atoms with Crippen molar-refractivity contribution in [3.63, 3.8) is 0 Å². The summed E-state index contributed by atoms with van der Waals surface area (Å²) in [4.78, 5) is 24.7. The number of thiazole rings is 1. The van der Waals surface area contributed by atoms with Gasteiger partial charge in [-0.3, -0.25) is 9.20 Å². The third-order valence-electron chi connectivity index (χ3n) is 5.20. The summed E-state index contributed by atoms with van der Waals surface area (Å²) in [6, 6.07) is 0.147. The molecule has 7 heteroatoms. The minimum atomic E-state index is 0.147. The summed E-state index contributed by atoms with van der Waals surface area (Å²) in [5.41, 5.74) is 1.21. The summed E-state index contributed by atoms with van der Waals surface area (Å²) in [7, 11) is 0. The van der Waals surface area contributed by atoms with Gasteiger partial charge in [0.1, 0.15) is 10.7 Å². The van der Waals surface area contributed by atoms with Gasteiger partial charge in [-0.1, -0.05) is 0 Å². The van der Waals surface area contributed by atoms with Crippen LogP contribution >= 0.6 is 11.3 Å². The number of aryl methyl sites for hydroxylation is 1. The highest BCUT2D eigenvalue weighted by Gasteiger charge is 2.28. The smallest absolute Gasteiger partial charge is 0.224 e. The summed E-state index contributed by atoms with van der Waals surface area (Å²) in [6.07, 6.45) is 10.0. The predicted octanol–water partition coefficient (Wildman–Crippen LogP) is 3.26. The van der Waals surface area contributed by atoms with E-state index in [1.54, 1.807) is 23.9 Å². The van der Waals surface area contributed by atoms with E-state index in [-0.39, 0.29) is 11.9 Å². The molecule has 0 aliphatic carbocycles. The zero-order valence-corrected chi connectivity index (χ0v) is 15.4.